The quantitative estimate of drug-likeness (QED) is 0.422. The molecule has 0 unspecified atom stereocenters. The maximum atomic E-state index is 12.7. The molecule has 2 aromatic rings. The van der Waals surface area contributed by atoms with Crippen LogP contribution in [0.15, 0.2) is 36.4 Å². The number of fused-ring (bicyclic) bond motifs is 8. The molecule has 152 valence electrons. The Morgan fingerprint density at radius 3 is 2.10 bits per heavy atom. The number of carbonyl (C=O) groups excluding carboxylic acids is 2. The summed E-state index contributed by atoms with van der Waals surface area (Å²) in [5.41, 5.74) is 0.160. The van der Waals surface area contributed by atoms with E-state index in [9.17, 15) is 19.7 Å². The Morgan fingerprint density at radius 1 is 0.931 bits per heavy atom. The van der Waals surface area contributed by atoms with Crippen molar-refractivity contribution in [3.8, 4) is 17.2 Å². The third-order valence-corrected chi connectivity index (χ3v) is 5.34. The third-order valence-electron chi connectivity index (χ3n) is 5.34. The number of nitro groups is 1. The Kier molecular flexibility index (Phi) is 5.68. The van der Waals surface area contributed by atoms with Crippen molar-refractivity contribution >= 4 is 17.3 Å². The van der Waals surface area contributed by atoms with Crippen molar-refractivity contribution in [1.29, 1.82) is 0 Å². The molecule has 0 fully saturated rings. The molecule has 0 aromatic heterocycles. The van der Waals surface area contributed by atoms with Crippen molar-refractivity contribution in [3.05, 3.63) is 57.6 Å². The highest BCUT2D eigenvalue weighted by molar-refractivity contribution is 6.06. The molecule has 7 nitrogen and oxygen atoms in total. The number of ketones is 2. The van der Waals surface area contributed by atoms with Crippen LogP contribution in [0.3, 0.4) is 0 Å². The molecule has 0 radical (unpaired) electrons. The first-order valence-corrected chi connectivity index (χ1v) is 9.41. The number of methoxy groups -OCH3 is 1. The topological polar surface area (TPSA) is 95.7 Å². The number of hydrogen-bond acceptors (Lipinski definition) is 6. The summed E-state index contributed by atoms with van der Waals surface area (Å²) in [6.45, 7) is 3.29. The van der Waals surface area contributed by atoms with E-state index in [1.54, 1.807) is 32.0 Å². The van der Waals surface area contributed by atoms with Gasteiger partial charge in [-0.3, -0.25) is 19.7 Å². The number of nitrogens with zero attached hydrogens (tertiary/aromatic N) is 1. The largest absolute Gasteiger partial charge is 0.493 e. The fourth-order valence-electron chi connectivity index (χ4n) is 3.32. The summed E-state index contributed by atoms with van der Waals surface area (Å²) in [5.74, 6) is 0.552. The molecule has 4 rings (SSSR count). The number of aryl methyl sites for hydroxylation is 2. The summed E-state index contributed by atoms with van der Waals surface area (Å²) in [5, 5.41) is 11.6. The van der Waals surface area contributed by atoms with E-state index in [-0.39, 0.29) is 35.8 Å². The molecule has 0 amide bonds. The molecule has 2 aliphatic heterocycles. The number of ether oxygens (including phenoxy) is 2. The van der Waals surface area contributed by atoms with Crippen molar-refractivity contribution in [3.63, 3.8) is 0 Å². The second-order valence-electron chi connectivity index (χ2n) is 7.62. The van der Waals surface area contributed by atoms with Crippen LogP contribution in [0.5, 0.6) is 17.2 Å². The van der Waals surface area contributed by atoms with Gasteiger partial charge in [0.1, 0.15) is 11.6 Å². The zero-order valence-corrected chi connectivity index (χ0v) is 16.7. The number of Topliss-reactive ketones (excluding diaryl/α,β-unsaturated/α-hetero) is 2. The molecule has 2 aromatic carbocycles. The van der Waals surface area contributed by atoms with Crippen molar-refractivity contribution in [1.82, 2.24) is 0 Å². The van der Waals surface area contributed by atoms with E-state index in [1.807, 2.05) is 6.07 Å². The standard InChI is InChI=1S/C22H23NO6/c1-22(2)20(24)10-6-14-4-8-17(16(12-14)23(26)27)29-19-13-15(7-11-21(22)25)5-9-18(19)28-3/h4-5,8-9,12-13H,6-7,10-11H2,1-3H3. The van der Waals surface area contributed by atoms with Crippen LogP contribution in [0.1, 0.15) is 37.8 Å². The first-order chi connectivity index (χ1) is 13.7. The molecular weight excluding hydrogens is 374 g/mol. The summed E-state index contributed by atoms with van der Waals surface area (Å²) in [4.78, 5) is 36.4. The maximum Gasteiger partial charge on any atom is 0.311 e. The maximum absolute atomic E-state index is 12.7. The number of carbonyl (C=O) groups is 2. The highest BCUT2D eigenvalue weighted by atomic mass is 16.6. The minimum absolute atomic E-state index is 0.0896. The number of rotatable bonds is 2. The highest BCUT2D eigenvalue weighted by Crippen LogP contribution is 2.38. The Bertz CT molecular complexity index is 979. The molecule has 29 heavy (non-hydrogen) atoms. The highest BCUT2D eigenvalue weighted by Gasteiger charge is 2.34. The van der Waals surface area contributed by atoms with Crippen LogP contribution in [0.2, 0.25) is 0 Å². The van der Waals surface area contributed by atoms with Gasteiger partial charge in [-0.1, -0.05) is 12.1 Å². The second kappa shape index (κ2) is 8.03. The first kappa shape index (κ1) is 20.5. The molecule has 0 spiro atoms. The van der Waals surface area contributed by atoms with Gasteiger partial charge in [0, 0.05) is 18.9 Å². The first-order valence-electron chi connectivity index (χ1n) is 9.41. The van der Waals surface area contributed by atoms with E-state index in [4.69, 9.17) is 9.47 Å². The van der Waals surface area contributed by atoms with Gasteiger partial charge in [-0.2, -0.15) is 0 Å². The molecule has 2 heterocycles. The van der Waals surface area contributed by atoms with Crippen LogP contribution in [0.4, 0.5) is 5.69 Å². The summed E-state index contributed by atoms with van der Waals surface area (Å²) in [7, 11) is 1.49. The molecule has 4 bridgehead atoms. The summed E-state index contributed by atoms with van der Waals surface area (Å²) >= 11 is 0. The van der Waals surface area contributed by atoms with Crippen LogP contribution in [-0.2, 0) is 22.4 Å². The fraction of sp³-hybridized carbons (Fsp3) is 0.364. The minimum atomic E-state index is -1.10. The second-order valence-corrected chi connectivity index (χ2v) is 7.62. The molecule has 0 atom stereocenters. The van der Waals surface area contributed by atoms with Gasteiger partial charge in [0.05, 0.1) is 17.4 Å². The molecule has 0 N–H and O–H groups in total. The lowest BCUT2D eigenvalue weighted by atomic mass is 9.79. The van der Waals surface area contributed by atoms with Crippen LogP contribution in [0, 0.1) is 15.5 Å². The van der Waals surface area contributed by atoms with Gasteiger partial charge < -0.3 is 9.47 Å². The fourth-order valence-corrected chi connectivity index (χ4v) is 3.32. The molecule has 0 saturated heterocycles. The summed E-state index contributed by atoms with van der Waals surface area (Å²) in [6, 6.07) is 9.85. The molecule has 0 saturated carbocycles. The smallest absolute Gasteiger partial charge is 0.311 e. The summed E-state index contributed by atoms with van der Waals surface area (Å²) < 4.78 is 11.1. The minimum Gasteiger partial charge on any atom is -0.493 e. The zero-order valence-electron chi connectivity index (χ0n) is 16.7. The monoisotopic (exact) mass is 397 g/mol. The predicted molar refractivity (Wildman–Crippen MR) is 107 cm³/mol. The zero-order chi connectivity index (χ0) is 21.2. The SMILES string of the molecule is COc1ccc2cc1Oc1ccc(cc1[N+](=O)[O-])CCC(=O)C(C)(C)C(=O)CC2. The van der Waals surface area contributed by atoms with Gasteiger partial charge in [-0.15, -0.1) is 0 Å². The van der Waals surface area contributed by atoms with E-state index < -0.39 is 10.3 Å². The van der Waals surface area contributed by atoms with Gasteiger partial charge >= 0.3 is 5.69 Å². The van der Waals surface area contributed by atoms with Crippen LogP contribution >= 0.6 is 0 Å². The van der Waals surface area contributed by atoms with Crippen molar-refractivity contribution in [2.75, 3.05) is 7.11 Å². The average molecular weight is 397 g/mol. The number of benzene rings is 2. The van der Waals surface area contributed by atoms with E-state index in [0.717, 1.165) is 5.56 Å². The Morgan fingerprint density at radius 2 is 1.52 bits per heavy atom. The lowest BCUT2D eigenvalue weighted by Crippen LogP contribution is -2.34. The lowest BCUT2D eigenvalue weighted by molar-refractivity contribution is -0.385. The van der Waals surface area contributed by atoms with Gasteiger partial charge in [0.25, 0.3) is 0 Å². The van der Waals surface area contributed by atoms with Crippen LogP contribution < -0.4 is 9.47 Å². The summed E-state index contributed by atoms with van der Waals surface area (Å²) in [6.07, 6.45) is 1.09. The molecule has 2 aliphatic rings. The predicted octanol–water partition coefficient (Wildman–Crippen LogP) is 4.44. The number of hydrogen-bond donors (Lipinski definition) is 0. The van der Waals surface area contributed by atoms with Gasteiger partial charge in [-0.25, -0.2) is 0 Å². The lowest BCUT2D eigenvalue weighted by Gasteiger charge is -2.21. The Hall–Kier alpha value is -3.22. The van der Waals surface area contributed by atoms with E-state index in [2.05, 4.69) is 0 Å². The van der Waals surface area contributed by atoms with Crippen molar-refractivity contribution < 1.29 is 24.0 Å². The van der Waals surface area contributed by atoms with E-state index in [1.165, 1.54) is 19.2 Å². The van der Waals surface area contributed by atoms with Crippen LogP contribution in [-0.4, -0.2) is 23.6 Å². The van der Waals surface area contributed by atoms with Gasteiger partial charge in [0.2, 0.25) is 5.75 Å². The molecule has 7 heteroatoms. The van der Waals surface area contributed by atoms with Crippen LogP contribution in [0.25, 0.3) is 0 Å². The Balaban J connectivity index is 2.11. The van der Waals surface area contributed by atoms with Gasteiger partial charge in [-0.05, 0) is 56.0 Å². The van der Waals surface area contributed by atoms with E-state index >= 15 is 0 Å². The molecular formula is C22H23NO6. The Labute approximate surface area is 168 Å². The number of nitro benzene ring substituents is 1. The normalized spacial score (nSPS) is 16.5. The van der Waals surface area contributed by atoms with E-state index in [0.29, 0.717) is 29.9 Å². The molecule has 0 aliphatic carbocycles. The average Bonchev–Trinajstić information content (AvgIpc) is 2.70. The van der Waals surface area contributed by atoms with Crippen molar-refractivity contribution in [2.45, 2.75) is 39.5 Å². The third kappa shape index (κ3) is 4.29. The van der Waals surface area contributed by atoms with Gasteiger partial charge in [0.15, 0.2) is 11.5 Å². The van der Waals surface area contributed by atoms with Crippen molar-refractivity contribution in [2.24, 2.45) is 5.41 Å².